The van der Waals surface area contributed by atoms with Crippen LogP contribution in [0.3, 0.4) is 0 Å². The highest BCUT2D eigenvalue weighted by atomic mass is 16.2. The summed E-state index contributed by atoms with van der Waals surface area (Å²) in [6.07, 6.45) is 0. The summed E-state index contributed by atoms with van der Waals surface area (Å²) in [5.41, 5.74) is 3.50. The van der Waals surface area contributed by atoms with Crippen molar-refractivity contribution in [2.45, 2.75) is 6.54 Å². The quantitative estimate of drug-likeness (QED) is 0.540. The van der Waals surface area contributed by atoms with Gasteiger partial charge in [0, 0.05) is 22.6 Å². The van der Waals surface area contributed by atoms with Gasteiger partial charge in [-0.15, -0.1) is 10.2 Å². The lowest BCUT2D eigenvalue weighted by atomic mass is 10.2. The zero-order chi connectivity index (χ0) is 19.2. The molecule has 4 aromatic rings. The van der Waals surface area contributed by atoms with E-state index in [4.69, 9.17) is 0 Å². The van der Waals surface area contributed by atoms with Gasteiger partial charge in [-0.05, 0) is 41.6 Å². The van der Waals surface area contributed by atoms with E-state index in [0.717, 1.165) is 16.9 Å². The van der Waals surface area contributed by atoms with E-state index in [1.165, 1.54) is 4.80 Å². The molecule has 1 aromatic heterocycles. The van der Waals surface area contributed by atoms with Crippen molar-refractivity contribution in [1.82, 2.24) is 20.2 Å². The number of rotatable bonds is 6. The molecule has 4 rings (SSSR count). The summed E-state index contributed by atoms with van der Waals surface area (Å²) in [5.74, 6) is 0.269. The molecule has 0 saturated carbocycles. The Kier molecular flexibility index (Phi) is 5.06. The monoisotopic (exact) mass is 370 g/mol. The molecule has 0 aliphatic carbocycles. The summed E-state index contributed by atoms with van der Waals surface area (Å²) in [7, 11) is 0. The Morgan fingerprint density at radius 3 is 2.11 bits per heavy atom. The van der Waals surface area contributed by atoms with Crippen molar-refractivity contribution in [2.75, 3.05) is 10.6 Å². The third kappa shape index (κ3) is 4.39. The van der Waals surface area contributed by atoms with Crippen molar-refractivity contribution in [3.8, 4) is 11.4 Å². The second-order valence-corrected chi connectivity index (χ2v) is 6.13. The number of nitrogens with zero attached hydrogens (tertiary/aromatic N) is 4. The predicted octanol–water partition coefficient (Wildman–Crippen LogP) is 3.72. The minimum atomic E-state index is -0.221. The second kappa shape index (κ2) is 8.13. The number of hydrogen-bond acceptors (Lipinski definition) is 5. The lowest BCUT2D eigenvalue weighted by Crippen LogP contribution is -2.20. The Morgan fingerprint density at radius 1 is 0.786 bits per heavy atom. The van der Waals surface area contributed by atoms with Crippen LogP contribution in [0.5, 0.6) is 0 Å². The number of anilines is 3. The van der Waals surface area contributed by atoms with Gasteiger partial charge in [0.2, 0.25) is 11.7 Å². The van der Waals surface area contributed by atoms with Crippen LogP contribution in [0.4, 0.5) is 17.1 Å². The van der Waals surface area contributed by atoms with Crippen LogP contribution in [0.15, 0.2) is 84.9 Å². The van der Waals surface area contributed by atoms with Gasteiger partial charge < -0.3 is 10.6 Å². The molecule has 2 N–H and O–H groups in total. The smallest absolute Gasteiger partial charge is 0.248 e. The van der Waals surface area contributed by atoms with Crippen LogP contribution in [-0.4, -0.2) is 26.1 Å². The summed E-state index contributed by atoms with van der Waals surface area (Å²) < 4.78 is 0. The normalized spacial score (nSPS) is 10.4. The predicted molar refractivity (Wildman–Crippen MR) is 108 cm³/mol. The van der Waals surface area contributed by atoms with Gasteiger partial charge in [-0.25, -0.2) is 0 Å². The van der Waals surface area contributed by atoms with Gasteiger partial charge in [-0.2, -0.15) is 4.80 Å². The van der Waals surface area contributed by atoms with Crippen LogP contribution >= 0.6 is 0 Å². The van der Waals surface area contributed by atoms with Crippen LogP contribution in [0, 0.1) is 0 Å². The van der Waals surface area contributed by atoms with Crippen molar-refractivity contribution in [2.24, 2.45) is 0 Å². The molecule has 1 heterocycles. The first-order chi connectivity index (χ1) is 13.8. The Hall–Kier alpha value is -4.00. The number of hydrogen-bond donors (Lipinski definition) is 2. The van der Waals surface area contributed by atoms with Crippen LogP contribution < -0.4 is 10.6 Å². The number of amides is 1. The van der Waals surface area contributed by atoms with Crippen molar-refractivity contribution in [3.63, 3.8) is 0 Å². The van der Waals surface area contributed by atoms with Gasteiger partial charge in [0.15, 0.2) is 0 Å². The third-order valence-electron chi connectivity index (χ3n) is 4.00. The van der Waals surface area contributed by atoms with Gasteiger partial charge in [-0.3, -0.25) is 4.79 Å². The molecule has 0 aliphatic heterocycles. The Morgan fingerprint density at radius 2 is 1.39 bits per heavy atom. The molecule has 0 radical (unpaired) electrons. The topological polar surface area (TPSA) is 84.7 Å². The van der Waals surface area contributed by atoms with Gasteiger partial charge in [0.1, 0.15) is 6.54 Å². The molecule has 28 heavy (non-hydrogen) atoms. The molecule has 0 aliphatic rings. The van der Waals surface area contributed by atoms with Crippen molar-refractivity contribution < 1.29 is 4.79 Å². The summed E-state index contributed by atoms with van der Waals surface area (Å²) in [5, 5.41) is 18.3. The summed E-state index contributed by atoms with van der Waals surface area (Å²) in [6.45, 7) is -0.0101. The van der Waals surface area contributed by atoms with Gasteiger partial charge in [0.05, 0.1) is 0 Å². The second-order valence-electron chi connectivity index (χ2n) is 6.13. The van der Waals surface area contributed by atoms with E-state index >= 15 is 0 Å². The molecular weight excluding hydrogens is 352 g/mol. The molecule has 1 amide bonds. The molecule has 138 valence electrons. The number of carbonyl (C=O) groups is 1. The minimum absolute atomic E-state index is 0.0101. The average molecular weight is 370 g/mol. The lowest BCUT2D eigenvalue weighted by molar-refractivity contribution is -0.117. The van der Waals surface area contributed by atoms with Gasteiger partial charge in [-0.1, -0.05) is 48.5 Å². The van der Waals surface area contributed by atoms with E-state index in [-0.39, 0.29) is 12.5 Å². The van der Waals surface area contributed by atoms with Crippen LogP contribution in [0.1, 0.15) is 0 Å². The first-order valence-corrected chi connectivity index (χ1v) is 8.81. The summed E-state index contributed by atoms with van der Waals surface area (Å²) >= 11 is 0. The number of tetrazole rings is 1. The van der Waals surface area contributed by atoms with Gasteiger partial charge in [0.25, 0.3) is 0 Å². The van der Waals surface area contributed by atoms with Crippen molar-refractivity contribution in [1.29, 1.82) is 0 Å². The number of carbonyl (C=O) groups excluding carboxylic acids is 1. The molecule has 0 saturated heterocycles. The van der Waals surface area contributed by atoms with E-state index in [2.05, 4.69) is 26.0 Å². The van der Waals surface area contributed by atoms with Crippen molar-refractivity contribution in [3.05, 3.63) is 84.9 Å². The number of benzene rings is 3. The highest BCUT2D eigenvalue weighted by molar-refractivity contribution is 5.90. The first kappa shape index (κ1) is 17.4. The molecular formula is C21H18N6O. The van der Waals surface area contributed by atoms with E-state index in [0.29, 0.717) is 11.5 Å². The fraction of sp³-hybridized carbons (Fsp3) is 0.0476. The number of aromatic nitrogens is 4. The Bertz CT molecular complexity index is 1050. The molecule has 0 bridgehead atoms. The SMILES string of the molecule is O=C(Cn1nnc(-c2ccccc2)n1)Nc1ccc(Nc2ccccc2)cc1. The van der Waals surface area contributed by atoms with Crippen LogP contribution in [0.25, 0.3) is 11.4 Å². The summed E-state index contributed by atoms with van der Waals surface area (Å²) in [4.78, 5) is 13.5. The van der Waals surface area contributed by atoms with E-state index in [1.54, 1.807) is 0 Å². The standard InChI is InChI=1S/C21H18N6O/c28-20(15-27-25-21(24-26-27)16-7-3-1-4-8-16)23-19-13-11-18(12-14-19)22-17-9-5-2-6-10-17/h1-14,22H,15H2,(H,23,28). The Labute approximate surface area is 162 Å². The first-order valence-electron chi connectivity index (χ1n) is 8.81. The molecule has 0 spiro atoms. The summed E-state index contributed by atoms with van der Waals surface area (Å²) in [6, 6.07) is 26.9. The minimum Gasteiger partial charge on any atom is -0.356 e. The van der Waals surface area contributed by atoms with Crippen LogP contribution in [0.2, 0.25) is 0 Å². The maximum Gasteiger partial charge on any atom is 0.248 e. The van der Waals surface area contributed by atoms with E-state index in [1.807, 2.05) is 84.9 Å². The van der Waals surface area contributed by atoms with E-state index in [9.17, 15) is 4.79 Å². The molecule has 3 aromatic carbocycles. The zero-order valence-electron chi connectivity index (χ0n) is 15.0. The van der Waals surface area contributed by atoms with Crippen LogP contribution in [-0.2, 0) is 11.3 Å². The third-order valence-corrected chi connectivity index (χ3v) is 4.00. The number of para-hydroxylation sites is 1. The van der Waals surface area contributed by atoms with Crippen molar-refractivity contribution >= 4 is 23.0 Å². The molecule has 0 atom stereocenters. The van der Waals surface area contributed by atoms with Gasteiger partial charge >= 0.3 is 0 Å². The fourth-order valence-electron chi connectivity index (χ4n) is 2.67. The Balaban J connectivity index is 1.34. The number of nitrogens with one attached hydrogen (secondary N) is 2. The highest BCUT2D eigenvalue weighted by Crippen LogP contribution is 2.18. The molecule has 0 unspecified atom stereocenters. The highest BCUT2D eigenvalue weighted by Gasteiger charge is 2.09. The van der Waals surface area contributed by atoms with E-state index < -0.39 is 0 Å². The lowest BCUT2D eigenvalue weighted by Gasteiger charge is -2.08. The largest absolute Gasteiger partial charge is 0.356 e. The molecule has 7 heteroatoms. The maximum atomic E-state index is 12.2. The fourth-order valence-corrected chi connectivity index (χ4v) is 2.67. The zero-order valence-corrected chi connectivity index (χ0v) is 15.0. The molecule has 7 nitrogen and oxygen atoms in total. The maximum absolute atomic E-state index is 12.2. The average Bonchev–Trinajstić information content (AvgIpc) is 3.19. The molecule has 0 fully saturated rings.